The summed E-state index contributed by atoms with van der Waals surface area (Å²) in [7, 11) is -0.218. The number of anilines is 4. The third-order valence-corrected chi connectivity index (χ3v) is 8.35. The second-order valence-electron chi connectivity index (χ2n) is 11.8. The molecule has 0 aliphatic heterocycles. The molecule has 0 unspecified atom stereocenters. The zero-order valence-corrected chi connectivity index (χ0v) is 27.4. The zero-order chi connectivity index (χ0) is 32.7. The van der Waals surface area contributed by atoms with Gasteiger partial charge in [0.1, 0.15) is 11.6 Å². The first-order valence-corrected chi connectivity index (χ1v) is 17.1. The lowest BCUT2D eigenvalue weighted by molar-refractivity contribution is 0.254. The number of benzene rings is 4. The highest BCUT2D eigenvalue weighted by molar-refractivity contribution is 7.64. The number of aromatic nitrogens is 2. The molecule has 9 nitrogen and oxygen atoms in total. The van der Waals surface area contributed by atoms with Gasteiger partial charge in [-0.15, -0.1) is 0 Å². The topological polar surface area (TPSA) is 124 Å². The Kier molecular flexibility index (Phi) is 9.94. The molecule has 0 atom stereocenters. The van der Waals surface area contributed by atoms with Gasteiger partial charge in [-0.25, -0.2) is 9.78 Å². The number of allylic oxidation sites excluding steroid dienone is 1. The van der Waals surface area contributed by atoms with Crippen LogP contribution in [0.3, 0.4) is 0 Å². The van der Waals surface area contributed by atoms with Crippen LogP contribution in [0.1, 0.15) is 20.8 Å². The molecule has 0 bridgehead atoms. The van der Waals surface area contributed by atoms with Crippen molar-refractivity contribution in [3.63, 3.8) is 0 Å². The van der Waals surface area contributed by atoms with E-state index in [0.29, 0.717) is 34.8 Å². The summed E-state index contributed by atoms with van der Waals surface area (Å²) in [6.07, 6.45) is 3.28. The van der Waals surface area contributed by atoms with Gasteiger partial charge in [-0.05, 0) is 55.0 Å². The predicted octanol–water partition coefficient (Wildman–Crippen LogP) is 8.67. The van der Waals surface area contributed by atoms with Crippen molar-refractivity contribution in [1.29, 1.82) is 5.41 Å². The Morgan fingerprint density at radius 3 is 2.22 bits per heavy atom. The van der Waals surface area contributed by atoms with E-state index >= 15 is 0 Å². The first-order chi connectivity index (χ1) is 22.0. The Balaban J connectivity index is 1.34. The van der Waals surface area contributed by atoms with E-state index in [0.717, 1.165) is 22.1 Å². The van der Waals surface area contributed by atoms with Gasteiger partial charge in [0.05, 0.1) is 5.69 Å². The van der Waals surface area contributed by atoms with Gasteiger partial charge >= 0.3 is 6.03 Å². The fraction of sp³-hybridized carbons (Fsp3) is 0.167. The SMILES string of the molecule is CP(C)c1ccc(N/C(=C\C(=N)C(C)(C)C)NC(=O)Nc2ccc(Oc3ccnc(Nc4ccccc4)n3)c3ccccc23)cc1. The molecule has 0 saturated carbocycles. The number of hydrogen-bond acceptors (Lipinski definition) is 7. The lowest BCUT2D eigenvalue weighted by Crippen LogP contribution is -2.32. The molecule has 46 heavy (non-hydrogen) atoms. The van der Waals surface area contributed by atoms with Gasteiger partial charge in [0.25, 0.3) is 0 Å². The molecule has 5 N–H and O–H groups in total. The average molecular weight is 632 g/mol. The van der Waals surface area contributed by atoms with E-state index in [1.807, 2.05) is 87.5 Å². The molecule has 0 aliphatic rings. The lowest BCUT2D eigenvalue weighted by Gasteiger charge is -2.20. The van der Waals surface area contributed by atoms with Crippen molar-refractivity contribution in [1.82, 2.24) is 15.3 Å². The van der Waals surface area contributed by atoms with Crippen molar-refractivity contribution >= 4 is 58.8 Å². The van der Waals surface area contributed by atoms with Crippen LogP contribution in [0.25, 0.3) is 10.8 Å². The van der Waals surface area contributed by atoms with E-state index in [1.165, 1.54) is 5.30 Å². The Bertz CT molecular complexity index is 1870. The van der Waals surface area contributed by atoms with Crippen molar-refractivity contribution in [3.05, 3.63) is 115 Å². The first-order valence-electron chi connectivity index (χ1n) is 14.8. The second kappa shape index (κ2) is 14.2. The molecule has 234 valence electrons. The fourth-order valence-corrected chi connectivity index (χ4v) is 5.18. The van der Waals surface area contributed by atoms with Gasteiger partial charge in [-0.1, -0.05) is 83.3 Å². The molecule has 0 radical (unpaired) electrons. The highest BCUT2D eigenvalue weighted by Gasteiger charge is 2.18. The second-order valence-corrected chi connectivity index (χ2v) is 14.1. The number of ether oxygens (including phenoxy) is 1. The maximum Gasteiger partial charge on any atom is 0.324 e. The minimum atomic E-state index is -0.450. The number of carbonyl (C=O) groups is 1. The lowest BCUT2D eigenvalue weighted by atomic mass is 9.90. The summed E-state index contributed by atoms with van der Waals surface area (Å²) in [5.74, 6) is 1.77. The number of para-hydroxylation sites is 1. The van der Waals surface area contributed by atoms with Crippen LogP contribution in [0.4, 0.5) is 27.8 Å². The van der Waals surface area contributed by atoms with Crippen LogP contribution < -0.4 is 31.3 Å². The molecule has 5 rings (SSSR count). The van der Waals surface area contributed by atoms with Gasteiger partial charge in [0.2, 0.25) is 11.8 Å². The molecular weight excluding hydrogens is 593 g/mol. The van der Waals surface area contributed by atoms with Gasteiger partial charge in [-0.2, -0.15) is 4.98 Å². The molecule has 4 aromatic carbocycles. The summed E-state index contributed by atoms with van der Waals surface area (Å²) >= 11 is 0. The molecule has 10 heteroatoms. The Morgan fingerprint density at radius 2 is 1.52 bits per heavy atom. The average Bonchev–Trinajstić information content (AvgIpc) is 3.02. The van der Waals surface area contributed by atoms with Gasteiger partial charge in [-0.3, -0.25) is 5.32 Å². The molecule has 5 aromatic rings. The van der Waals surface area contributed by atoms with Crippen LogP contribution in [-0.2, 0) is 0 Å². The number of rotatable bonds is 10. The van der Waals surface area contributed by atoms with Crippen LogP contribution in [0.2, 0.25) is 0 Å². The molecule has 1 aromatic heterocycles. The van der Waals surface area contributed by atoms with Gasteiger partial charge in [0, 0.05) is 51.6 Å². The molecule has 0 spiro atoms. The van der Waals surface area contributed by atoms with Crippen molar-refractivity contribution in [2.75, 3.05) is 29.3 Å². The maximum atomic E-state index is 13.4. The molecule has 0 fully saturated rings. The van der Waals surface area contributed by atoms with Crippen molar-refractivity contribution < 1.29 is 9.53 Å². The molecule has 1 heterocycles. The number of nitrogens with zero attached hydrogens (tertiary/aromatic N) is 2. The van der Waals surface area contributed by atoms with Crippen LogP contribution in [0.5, 0.6) is 11.6 Å². The van der Waals surface area contributed by atoms with Gasteiger partial charge in [0.15, 0.2) is 0 Å². The largest absolute Gasteiger partial charge is 0.438 e. The minimum Gasteiger partial charge on any atom is -0.438 e. The highest BCUT2D eigenvalue weighted by atomic mass is 31.1. The zero-order valence-electron chi connectivity index (χ0n) is 26.6. The number of nitrogens with one attached hydrogen (secondary N) is 5. The number of amides is 2. The van der Waals surface area contributed by atoms with E-state index in [-0.39, 0.29) is 7.92 Å². The first kappa shape index (κ1) is 32.1. The number of carbonyl (C=O) groups excluding carboxylic acids is 1. The summed E-state index contributed by atoms with van der Waals surface area (Å²) in [4.78, 5) is 22.2. The summed E-state index contributed by atoms with van der Waals surface area (Å²) in [6.45, 7) is 10.3. The summed E-state index contributed by atoms with van der Waals surface area (Å²) in [5, 5.41) is 23.8. The summed E-state index contributed by atoms with van der Waals surface area (Å²) in [6, 6.07) is 30.3. The van der Waals surface area contributed by atoms with Crippen molar-refractivity contribution in [2.24, 2.45) is 5.41 Å². The fourth-order valence-electron chi connectivity index (χ4n) is 4.43. The number of hydrogen-bond donors (Lipinski definition) is 5. The standard InChI is InChI=1S/C36H38N7O2P/c1-36(2,3)31(37)23-32(39-25-15-17-26(18-16-25)46(4)5)42-35(44)41-29-19-20-30(28-14-10-9-13-27(28)29)45-33-21-22-38-34(43-33)40-24-11-7-6-8-12-24/h6-23,37,39H,1-5H3,(H,38,40,43)(H2,41,42,44)/b32-23+,37-31?. The molecule has 0 aliphatic carbocycles. The van der Waals surface area contributed by atoms with E-state index in [1.54, 1.807) is 30.5 Å². The quantitative estimate of drug-likeness (QED) is 0.0776. The molecular formula is C36H38N7O2P. The number of urea groups is 1. The summed E-state index contributed by atoms with van der Waals surface area (Å²) in [5.41, 5.74) is 2.25. The predicted molar refractivity (Wildman–Crippen MR) is 192 cm³/mol. The van der Waals surface area contributed by atoms with E-state index in [4.69, 9.17) is 10.1 Å². The third kappa shape index (κ3) is 8.46. The van der Waals surface area contributed by atoms with Crippen LogP contribution in [0, 0.1) is 10.8 Å². The van der Waals surface area contributed by atoms with E-state index in [9.17, 15) is 4.79 Å². The smallest absolute Gasteiger partial charge is 0.324 e. The number of fused-ring (bicyclic) bond motifs is 1. The maximum absolute atomic E-state index is 13.4. The molecule has 2 amide bonds. The normalized spacial score (nSPS) is 11.7. The Hall–Kier alpha value is -5.27. The summed E-state index contributed by atoms with van der Waals surface area (Å²) < 4.78 is 6.20. The highest BCUT2D eigenvalue weighted by Crippen LogP contribution is 2.34. The molecule has 0 saturated heterocycles. The minimum absolute atomic E-state index is 0.218. The Labute approximate surface area is 270 Å². The van der Waals surface area contributed by atoms with Crippen molar-refractivity contribution in [3.8, 4) is 11.6 Å². The third-order valence-electron chi connectivity index (χ3n) is 7.01. The van der Waals surface area contributed by atoms with E-state index < -0.39 is 11.4 Å². The Morgan fingerprint density at radius 1 is 0.826 bits per heavy atom. The van der Waals surface area contributed by atoms with Crippen LogP contribution in [-0.4, -0.2) is 35.0 Å². The van der Waals surface area contributed by atoms with Crippen molar-refractivity contribution in [2.45, 2.75) is 20.8 Å². The van der Waals surface area contributed by atoms with Crippen LogP contribution in [0.15, 0.2) is 115 Å². The van der Waals surface area contributed by atoms with E-state index in [2.05, 4.69) is 56.7 Å². The monoisotopic (exact) mass is 631 g/mol. The van der Waals surface area contributed by atoms with Crippen LogP contribution >= 0.6 is 7.92 Å². The van der Waals surface area contributed by atoms with Gasteiger partial charge < -0.3 is 26.1 Å².